The first kappa shape index (κ1) is 16.4. The molecule has 0 fully saturated rings. The summed E-state index contributed by atoms with van der Waals surface area (Å²) in [6, 6.07) is 2.61. The van der Waals surface area contributed by atoms with Gasteiger partial charge in [0.1, 0.15) is 6.04 Å². The highest BCUT2D eigenvalue weighted by Crippen LogP contribution is 2.20. The first-order chi connectivity index (χ1) is 9.43. The van der Waals surface area contributed by atoms with E-state index in [1.54, 1.807) is 6.92 Å². The van der Waals surface area contributed by atoms with E-state index < -0.39 is 23.6 Å². The minimum absolute atomic E-state index is 0.105. The number of rotatable bonds is 7. The van der Waals surface area contributed by atoms with E-state index in [4.69, 9.17) is 5.11 Å². The van der Waals surface area contributed by atoms with Gasteiger partial charge in [-0.3, -0.25) is 4.79 Å². The molecular weight excluding hydrogens is 288 g/mol. The topological polar surface area (TPSA) is 66.4 Å². The number of carbonyl (C=O) groups is 2. The van der Waals surface area contributed by atoms with E-state index in [1.165, 1.54) is 17.8 Å². The van der Waals surface area contributed by atoms with E-state index in [2.05, 4.69) is 5.32 Å². The van der Waals surface area contributed by atoms with Gasteiger partial charge in [0, 0.05) is 17.1 Å². The Balaban J connectivity index is 2.38. The molecule has 0 aliphatic heterocycles. The van der Waals surface area contributed by atoms with Crippen molar-refractivity contribution in [3.8, 4) is 0 Å². The Bertz CT molecular complexity index is 497. The summed E-state index contributed by atoms with van der Waals surface area (Å²) in [7, 11) is 0. The van der Waals surface area contributed by atoms with Gasteiger partial charge < -0.3 is 10.4 Å². The third kappa shape index (κ3) is 5.16. The van der Waals surface area contributed by atoms with Gasteiger partial charge in [0.15, 0.2) is 11.6 Å². The smallest absolute Gasteiger partial charge is 0.326 e. The molecule has 110 valence electrons. The molecule has 1 aromatic carbocycles. The van der Waals surface area contributed by atoms with Crippen molar-refractivity contribution >= 4 is 23.6 Å². The van der Waals surface area contributed by atoms with Crippen LogP contribution in [-0.4, -0.2) is 28.8 Å². The molecule has 0 saturated carbocycles. The van der Waals surface area contributed by atoms with E-state index in [0.29, 0.717) is 17.1 Å². The first-order valence-electron chi connectivity index (χ1n) is 6.04. The molecule has 0 aliphatic rings. The predicted octanol–water partition coefficient (Wildman–Crippen LogP) is 2.43. The highest BCUT2D eigenvalue weighted by atomic mass is 32.2. The Labute approximate surface area is 119 Å². The summed E-state index contributed by atoms with van der Waals surface area (Å²) in [5.41, 5.74) is 0. The van der Waals surface area contributed by atoms with Crippen LogP contribution in [0.2, 0.25) is 0 Å². The summed E-state index contributed by atoms with van der Waals surface area (Å²) in [4.78, 5) is 22.8. The van der Waals surface area contributed by atoms with Crippen LogP contribution in [-0.2, 0) is 9.59 Å². The largest absolute Gasteiger partial charge is 0.480 e. The average Bonchev–Trinajstić information content (AvgIpc) is 2.39. The van der Waals surface area contributed by atoms with Gasteiger partial charge in [-0.05, 0) is 24.6 Å². The Hall–Kier alpha value is -1.63. The Morgan fingerprint density at radius 3 is 2.60 bits per heavy atom. The fourth-order valence-electron chi connectivity index (χ4n) is 1.43. The maximum Gasteiger partial charge on any atom is 0.326 e. The molecule has 0 aliphatic carbocycles. The molecule has 20 heavy (non-hydrogen) atoms. The molecule has 0 heterocycles. The average molecular weight is 303 g/mol. The van der Waals surface area contributed by atoms with Crippen LogP contribution in [0.5, 0.6) is 0 Å². The van der Waals surface area contributed by atoms with Crippen LogP contribution in [0.4, 0.5) is 8.78 Å². The lowest BCUT2D eigenvalue weighted by Gasteiger charge is -2.11. The van der Waals surface area contributed by atoms with Crippen LogP contribution in [0.1, 0.15) is 19.8 Å². The van der Waals surface area contributed by atoms with E-state index in [1.807, 2.05) is 0 Å². The second-order valence-corrected chi connectivity index (χ2v) is 5.21. The van der Waals surface area contributed by atoms with Crippen LogP contribution in [0, 0.1) is 11.6 Å². The number of halogens is 2. The Kier molecular flexibility index (Phi) is 6.44. The predicted molar refractivity (Wildman–Crippen MR) is 71.6 cm³/mol. The summed E-state index contributed by atoms with van der Waals surface area (Å²) in [5, 5.41) is 11.2. The second-order valence-electron chi connectivity index (χ2n) is 4.04. The molecule has 0 saturated heterocycles. The van der Waals surface area contributed by atoms with Crippen molar-refractivity contribution in [2.24, 2.45) is 0 Å². The lowest BCUT2D eigenvalue weighted by Crippen LogP contribution is -2.40. The zero-order chi connectivity index (χ0) is 15.1. The van der Waals surface area contributed by atoms with Crippen LogP contribution in [0.3, 0.4) is 0 Å². The van der Waals surface area contributed by atoms with Gasteiger partial charge in [-0.25, -0.2) is 13.6 Å². The molecule has 4 nitrogen and oxygen atoms in total. The number of thioether (sulfide) groups is 1. The van der Waals surface area contributed by atoms with Crippen molar-refractivity contribution in [1.82, 2.24) is 5.32 Å². The molecule has 0 bridgehead atoms. The number of carboxylic acids is 1. The summed E-state index contributed by atoms with van der Waals surface area (Å²) >= 11 is 1.20. The number of carboxylic acid groups (broad SMARTS) is 1. The quantitative estimate of drug-likeness (QED) is 0.759. The van der Waals surface area contributed by atoms with Gasteiger partial charge in [0.25, 0.3) is 0 Å². The second kappa shape index (κ2) is 7.84. The van der Waals surface area contributed by atoms with E-state index in [9.17, 15) is 18.4 Å². The van der Waals surface area contributed by atoms with Crippen LogP contribution in [0.15, 0.2) is 23.1 Å². The van der Waals surface area contributed by atoms with Crippen LogP contribution in [0.25, 0.3) is 0 Å². The minimum atomic E-state index is -1.07. The standard InChI is InChI=1S/C13H15F2NO3S/c1-2-11(13(18)19)16-12(17)5-6-20-8-3-4-9(14)10(15)7-8/h3-4,7,11H,2,5-6H2,1H3,(H,16,17)(H,18,19)/t11-/m1/s1. The summed E-state index contributed by atoms with van der Waals surface area (Å²) < 4.78 is 25.6. The zero-order valence-corrected chi connectivity index (χ0v) is 11.7. The molecule has 0 unspecified atom stereocenters. The number of hydrogen-bond donors (Lipinski definition) is 2. The fraction of sp³-hybridized carbons (Fsp3) is 0.385. The zero-order valence-electron chi connectivity index (χ0n) is 10.9. The summed E-state index contributed by atoms with van der Waals surface area (Å²) in [6.07, 6.45) is 0.408. The third-order valence-corrected chi connectivity index (χ3v) is 3.53. The molecule has 0 spiro atoms. The maximum atomic E-state index is 12.9. The highest BCUT2D eigenvalue weighted by Gasteiger charge is 2.17. The van der Waals surface area contributed by atoms with Gasteiger partial charge in [0.05, 0.1) is 0 Å². The highest BCUT2D eigenvalue weighted by molar-refractivity contribution is 7.99. The van der Waals surface area contributed by atoms with E-state index in [-0.39, 0.29) is 12.3 Å². The number of amides is 1. The van der Waals surface area contributed by atoms with Crippen molar-refractivity contribution in [2.45, 2.75) is 30.7 Å². The minimum Gasteiger partial charge on any atom is -0.480 e. The molecule has 2 N–H and O–H groups in total. The van der Waals surface area contributed by atoms with Crippen molar-refractivity contribution < 1.29 is 23.5 Å². The summed E-state index contributed by atoms with van der Waals surface area (Å²) in [6.45, 7) is 1.66. The Morgan fingerprint density at radius 2 is 2.05 bits per heavy atom. The molecule has 1 aromatic rings. The van der Waals surface area contributed by atoms with Crippen molar-refractivity contribution in [3.63, 3.8) is 0 Å². The van der Waals surface area contributed by atoms with E-state index >= 15 is 0 Å². The normalized spacial score (nSPS) is 11.9. The third-order valence-electron chi connectivity index (χ3n) is 2.53. The molecule has 0 radical (unpaired) electrons. The number of carbonyl (C=O) groups excluding carboxylic acids is 1. The van der Waals surface area contributed by atoms with Gasteiger partial charge >= 0.3 is 5.97 Å². The van der Waals surface area contributed by atoms with E-state index in [0.717, 1.165) is 12.1 Å². The fourth-order valence-corrected chi connectivity index (χ4v) is 2.31. The van der Waals surface area contributed by atoms with Gasteiger partial charge in [-0.1, -0.05) is 6.92 Å². The van der Waals surface area contributed by atoms with Crippen LogP contribution < -0.4 is 5.32 Å². The molecule has 0 aromatic heterocycles. The molecule has 1 rings (SSSR count). The molecule has 7 heteroatoms. The number of nitrogens with one attached hydrogen (secondary N) is 1. The van der Waals surface area contributed by atoms with Crippen molar-refractivity contribution in [1.29, 1.82) is 0 Å². The SMILES string of the molecule is CC[C@@H](NC(=O)CCSc1ccc(F)c(F)c1)C(=O)O. The monoisotopic (exact) mass is 303 g/mol. The Morgan fingerprint density at radius 1 is 1.35 bits per heavy atom. The molecular formula is C13H15F2NO3S. The lowest BCUT2D eigenvalue weighted by atomic mass is 10.2. The number of hydrogen-bond acceptors (Lipinski definition) is 3. The lowest BCUT2D eigenvalue weighted by molar-refractivity contribution is -0.141. The number of benzene rings is 1. The van der Waals surface area contributed by atoms with Gasteiger partial charge in [0.2, 0.25) is 5.91 Å². The molecule has 1 amide bonds. The van der Waals surface area contributed by atoms with Gasteiger partial charge in [-0.2, -0.15) is 0 Å². The first-order valence-corrected chi connectivity index (χ1v) is 7.02. The molecule has 1 atom stereocenters. The van der Waals surface area contributed by atoms with Crippen LogP contribution >= 0.6 is 11.8 Å². The maximum absolute atomic E-state index is 12.9. The van der Waals surface area contributed by atoms with Gasteiger partial charge in [-0.15, -0.1) is 11.8 Å². The van der Waals surface area contributed by atoms with Crippen molar-refractivity contribution in [3.05, 3.63) is 29.8 Å². The summed E-state index contributed by atoms with van der Waals surface area (Å²) in [5.74, 6) is -2.95. The van der Waals surface area contributed by atoms with Crippen molar-refractivity contribution in [2.75, 3.05) is 5.75 Å². The number of aliphatic carboxylic acids is 1.